The van der Waals surface area contributed by atoms with Crippen LogP contribution < -0.4 is 9.47 Å². The third-order valence-corrected chi connectivity index (χ3v) is 4.08. The number of nitro groups is 1. The number of nitro benzene ring substituents is 1. The Morgan fingerprint density at radius 1 is 1.29 bits per heavy atom. The number of rotatable bonds is 8. The van der Waals surface area contributed by atoms with Crippen molar-refractivity contribution in [3.63, 3.8) is 0 Å². The molecule has 1 aliphatic heterocycles. The lowest BCUT2D eigenvalue weighted by atomic mass is 10.1. The first-order chi connectivity index (χ1) is 13.3. The summed E-state index contributed by atoms with van der Waals surface area (Å²) < 4.78 is 20.8. The number of morpholine rings is 1. The fourth-order valence-electron chi connectivity index (χ4n) is 2.80. The van der Waals surface area contributed by atoms with E-state index in [2.05, 4.69) is 0 Å². The molecule has 11 nitrogen and oxygen atoms in total. The third-order valence-electron chi connectivity index (χ3n) is 4.08. The molecule has 1 saturated heterocycles. The molecular weight excluding hydrogens is 376 g/mol. The summed E-state index contributed by atoms with van der Waals surface area (Å²) in [6, 6.07) is 2.33. The molecule has 1 unspecified atom stereocenters. The summed E-state index contributed by atoms with van der Waals surface area (Å²) in [7, 11) is 2.83. The number of hydrogen-bond acceptors (Lipinski definition) is 8. The third kappa shape index (κ3) is 4.87. The van der Waals surface area contributed by atoms with Crippen molar-refractivity contribution in [3.8, 4) is 11.5 Å². The molecule has 1 amide bonds. The summed E-state index contributed by atoms with van der Waals surface area (Å²) in [4.78, 5) is 36.2. The van der Waals surface area contributed by atoms with E-state index in [0.29, 0.717) is 0 Å². The number of aliphatic carboxylic acids is 1. The molecule has 1 aromatic carbocycles. The summed E-state index contributed by atoms with van der Waals surface area (Å²) in [5.74, 6) is -1.66. The van der Waals surface area contributed by atoms with Crippen LogP contribution in [0.25, 0.3) is 0 Å². The average Bonchev–Trinajstić information content (AvgIpc) is 2.66. The summed E-state index contributed by atoms with van der Waals surface area (Å²) in [6.07, 6.45) is -1.73. The Morgan fingerprint density at radius 3 is 2.57 bits per heavy atom. The molecule has 1 fully saturated rings. The second-order valence-corrected chi connectivity index (χ2v) is 6.10. The minimum absolute atomic E-state index is 0.0987. The predicted molar refractivity (Wildman–Crippen MR) is 94.9 cm³/mol. The largest absolute Gasteiger partial charge is 0.493 e. The number of benzene rings is 1. The van der Waals surface area contributed by atoms with Gasteiger partial charge in [-0.15, -0.1) is 0 Å². The Labute approximate surface area is 160 Å². The Balaban J connectivity index is 2.38. The Morgan fingerprint density at radius 2 is 2.00 bits per heavy atom. The number of ether oxygens (including phenoxy) is 4. The minimum Gasteiger partial charge on any atom is -0.493 e. The van der Waals surface area contributed by atoms with Crippen LogP contribution in [0.4, 0.5) is 5.69 Å². The van der Waals surface area contributed by atoms with Crippen molar-refractivity contribution in [2.45, 2.75) is 19.1 Å². The lowest BCUT2D eigenvalue weighted by molar-refractivity contribution is -0.385. The van der Waals surface area contributed by atoms with E-state index >= 15 is 0 Å². The number of nitrogens with zero attached hydrogens (tertiary/aromatic N) is 2. The van der Waals surface area contributed by atoms with Crippen LogP contribution in [0, 0.1) is 10.1 Å². The second-order valence-electron chi connectivity index (χ2n) is 6.10. The van der Waals surface area contributed by atoms with E-state index < -0.39 is 34.7 Å². The van der Waals surface area contributed by atoms with Gasteiger partial charge in [-0.1, -0.05) is 0 Å². The molecule has 1 aromatic rings. The van der Waals surface area contributed by atoms with Crippen molar-refractivity contribution in [2.24, 2.45) is 0 Å². The van der Waals surface area contributed by atoms with Gasteiger partial charge in [0.2, 0.25) is 0 Å². The second kappa shape index (κ2) is 9.33. The topological polar surface area (TPSA) is 138 Å². The maximum atomic E-state index is 12.9. The van der Waals surface area contributed by atoms with Crippen LogP contribution >= 0.6 is 0 Å². The standard InChI is InChI=1S/C17H22N2O9/c1-10-8-18(9-15(28-10)17(21)22)16(20)11-6-13(26-3)14(27-5-4-25-2)7-12(11)19(23)24/h6-7,10,15H,4-5,8-9H2,1-3H3,(H,21,22)/t10-,15?/m1/s1. The van der Waals surface area contributed by atoms with E-state index in [1.165, 1.54) is 25.2 Å². The first-order valence-corrected chi connectivity index (χ1v) is 8.44. The lowest BCUT2D eigenvalue weighted by Crippen LogP contribution is -2.51. The van der Waals surface area contributed by atoms with Gasteiger partial charge in [-0.3, -0.25) is 14.9 Å². The van der Waals surface area contributed by atoms with Crippen LogP contribution in [0.3, 0.4) is 0 Å². The highest BCUT2D eigenvalue weighted by Gasteiger charge is 2.36. The Kier molecular flexibility index (Phi) is 7.12. The molecule has 154 valence electrons. The fourth-order valence-corrected chi connectivity index (χ4v) is 2.80. The number of carbonyl (C=O) groups is 2. The quantitative estimate of drug-likeness (QED) is 0.385. The van der Waals surface area contributed by atoms with Crippen molar-refractivity contribution in [1.29, 1.82) is 0 Å². The van der Waals surface area contributed by atoms with Gasteiger partial charge in [0, 0.05) is 19.7 Å². The van der Waals surface area contributed by atoms with Gasteiger partial charge in [0.05, 0.1) is 37.4 Å². The zero-order chi connectivity index (χ0) is 20.8. The summed E-state index contributed by atoms with van der Waals surface area (Å²) in [5.41, 5.74) is -0.691. The van der Waals surface area contributed by atoms with Crippen molar-refractivity contribution < 1.29 is 38.6 Å². The van der Waals surface area contributed by atoms with Crippen molar-refractivity contribution in [2.75, 3.05) is 40.5 Å². The van der Waals surface area contributed by atoms with Gasteiger partial charge in [-0.05, 0) is 6.92 Å². The van der Waals surface area contributed by atoms with E-state index in [-0.39, 0.29) is 43.4 Å². The summed E-state index contributed by atoms with van der Waals surface area (Å²) in [5, 5.41) is 20.7. The van der Waals surface area contributed by atoms with Gasteiger partial charge < -0.3 is 29.0 Å². The number of hydrogen-bond donors (Lipinski definition) is 1. The van der Waals surface area contributed by atoms with Crippen LogP contribution in [0.2, 0.25) is 0 Å². The van der Waals surface area contributed by atoms with Crippen LogP contribution in [0.1, 0.15) is 17.3 Å². The van der Waals surface area contributed by atoms with E-state index in [9.17, 15) is 24.8 Å². The normalized spacial score (nSPS) is 19.2. The van der Waals surface area contributed by atoms with E-state index in [1.54, 1.807) is 6.92 Å². The van der Waals surface area contributed by atoms with E-state index in [1.807, 2.05) is 0 Å². The van der Waals surface area contributed by atoms with Crippen LogP contribution in [0.15, 0.2) is 12.1 Å². The highest BCUT2D eigenvalue weighted by Crippen LogP contribution is 2.35. The minimum atomic E-state index is -1.21. The van der Waals surface area contributed by atoms with Crippen LogP contribution in [-0.2, 0) is 14.3 Å². The van der Waals surface area contributed by atoms with Crippen LogP contribution in [0.5, 0.6) is 11.5 Å². The summed E-state index contributed by atoms with van der Waals surface area (Å²) in [6.45, 7) is 1.91. The molecule has 1 heterocycles. The number of amides is 1. The molecule has 0 bridgehead atoms. The molecule has 2 atom stereocenters. The molecular formula is C17H22N2O9. The molecule has 1 N–H and O–H groups in total. The number of carboxylic acid groups (broad SMARTS) is 1. The zero-order valence-electron chi connectivity index (χ0n) is 15.7. The smallest absolute Gasteiger partial charge is 0.334 e. The molecule has 11 heteroatoms. The van der Waals surface area contributed by atoms with Gasteiger partial charge >= 0.3 is 5.97 Å². The van der Waals surface area contributed by atoms with Crippen molar-refractivity contribution in [1.82, 2.24) is 4.90 Å². The summed E-state index contributed by atoms with van der Waals surface area (Å²) >= 11 is 0. The monoisotopic (exact) mass is 398 g/mol. The van der Waals surface area contributed by atoms with Gasteiger partial charge in [-0.25, -0.2) is 4.79 Å². The predicted octanol–water partition coefficient (Wildman–Crippen LogP) is 0.943. The maximum Gasteiger partial charge on any atom is 0.334 e. The van der Waals surface area contributed by atoms with Gasteiger partial charge in [0.1, 0.15) is 12.2 Å². The van der Waals surface area contributed by atoms with Crippen LogP contribution in [-0.4, -0.2) is 79.5 Å². The highest BCUT2D eigenvalue weighted by atomic mass is 16.6. The Hall–Kier alpha value is -2.92. The highest BCUT2D eigenvalue weighted by molar-refractivity contribution is 5.99. The van der Waals surface area contributed by atoms with Gasteiger partial charge in [-0.2, -0.15) is 0 Å². The van der Waals surface area contributed by atoms with Crippen molar-refractivity contribution >= 4 is 17.6 Å². The van der Waals surface area contributed by atoms with Crippen molar-refractivity contribution in [3.05, 3.63) is 27.8 Å². The first kappa shape index (κ1) is 21.4. The molecule has 0 aliphatic carbocycles. The number of carbonyl (C=O) groups excluding carboxylic acids is 1. The van der Waals surface area contributed by atoms with Gasteiger partial charge in [0.15, 0.2) is 17.6 Å². The maximum absolute atomic E-state index is 12.9. The fraction of sp³-hybridized carbons (Fsp3) is 0.529. The average molecular weight is 398 g/mol. The zero-order valence-corrected chi connectivity index (χ0v) is 15.7. The SMILES string of the molecule is COCCOc1cc([N+](=O)[O-])c(C(=O)N2CC(C(=O)O)O[C@H](C)C2)cc1OC. The number of carboxylic acids is 1. The molecule has 0 spiro atoms. The molecule has 0 radical (unpaired) electrons. The molecule has 2 rings (SSSR count). The molecule has 0 aromatic heterocycles. The molecule has 1 aliphatic rings. The Bertz CT molecular complexity index is 752. The van der Waals surface area contributed by atoms with Gasteiger partial charge in [0.25, 0.3) is 11.6 Å². The van der Waals surface area contributed by atoms with E-state index in [4.69, 9.17) is 18.9 Å². The molecule has 28 heavy (non-hydrogen) atoms. The molecule has 0 saturated carbocycles. The number of methoxy groups -OCH3 is 2. The van der Waals surface area contributed by atoms with E-state index in [0.717, 1.165) is 6.07 Å². The lowest BCUT2D eigenvalue weighted by Gasteiger charge is -2.34. The first-order valence-electron chi connectivity index (χ1n) is 8.44.